The zero-order valence-corrected chi connectivity index (χ0v) is 7.92. The Labute approximate surface area is 74.7 Å². The lowest BCUT2D eigenvalue weighted by Gasteiger charge is -2.21. The van der Waals surface area contributed by atoms with Gasteiger partial charge in [-0.2, -0.15) is 0 Å². The van der Waals surface area contributed by atoms with E-state index in [2.05, 4.69) is 12.1 Å². The Morgan fingerprint density at radius 3 is 2.58 bits per heavy atom. The predicted octanol–water partition coefficient (Wildman–Crippen LogP) is 3.20. The number of unbranched alkanes of at least 4 members (excludes halogenated alkanes) is 1. The summed E-state index contributed by atoms with van der Waals surface area (Å²) in [5.41, 5.74) is 1.00. The molecule has 0 aromatic heterocycles. The van der Waals surface area contributed by atoms with Crippen LogP contribution in [0.2, 0.25) is 0 Å². The highest BCUT2D eigenvalue weighted by molar-refractivity contribution is 5.84. The summed E-state index contributed by atoms with van der Waals surface area (Å²) in [6.07, 6.45) is 8.54. The average Bonchev–Trinajstić information content (AvgIpc) is 2.15. The summed E-state index contributed by atoms with van der Waals surface area (Å²) < 4.78 is 0. The summed E-state index contributed by atoms with van der Waals surface area (Å²) in [7, 11) is 0. The monoisotopic (exact) mass is 169 g/mol. The van der Waals surface area contributed by atoms with Crippen LogP contribution in [-0.4, -0.2) is 10.9 Å². The van der Waals surface area contributed by atoms with Crippen LogP contribution in [0.1, 0.15) is 51.9 Å². The molecule has 1 aliphatic rings. The normalized spacial score (nSPS) is 24.1. The van der Waals surface area contributed by atoms with E-state index in [1.54, 1.807) is 0 Å². The Morgan fingerprint density at radius 2 is 2.08 bits per heavy atom. The maximum atomic E-state index is 8.54. The summed E-state index contributed by atoms with van der Waals surface area (Å²) in [5.74, 6) is 0.899. The minimum absolute atomic E-state index is 0.899. The van der Waals surface area contributed by atoms with Crippen LogP contribution in [0.4, 0.5) is 0 Å². The fourth-order valence-corrected chi connectivity index (χ4v) is 1.89. The van der Waals surface area contributed by atoms with Crippen LogP contribution < -0.4 is 0 Å². The average molecular weight is 169 g/mol. The van der Waals surface area contributed by atoms with Gasteiger partial charge in [0.2, 0.25) is 0 Å². The third kappa shape index (κ3) is 2.84. The van der Waals surface area contributed by atoms with Gasteiger partial charge in [0.1, 0.15) is 0 Å². The molecule has 0 aromatic rings. The summed E-state index contributed by atoms with van der Waals surface area (Å²) in [6, 6.07) is 0. The largest absolute Gasteiger partial charge is 0.411 e. The van der Waals surface area contributed by atoms with E-state index in [4.69, 9.17) is 5.21 Å². The Bertz CT molecular complexity index is 144. The maximum absolute atomic E-state index is 8.54. The number of nitrogens with zero attached hydrogens (tertiary/aromatic N) is 1. The Balaban J connectivity index is 2.17. The summed E-state index contributed by atoms with van der Waals surface area (Å²) in [5, 5.41) is 11.8. The molecule has 0 aliphatic heterocycles. The molecule has 0 radical (unpaired) electrons. The van der Waals surface area contributed by atoms with E-state index >= 15 is 0 Å². The van der Waals surface area contributed by atoms with E-state index in [1.807, 2.05) is 0 Å². The van der Waals surface area contributed by atoms with Crippen LogP contribution in [0, 0.1) is 5.92 Å². The van der Waals surface area contributed by atoms with Crippen molar-refractivity contribution in [3.63, 3.8) is 0 Å². The van der Waals surface area contributed by atoms with Gasteiger partial charge in [0, 0.05) is 0 Å². The van der Waals surface area contributed by atoms with Crippen LogP contribution >= 0.6 is 0 Å². The van der Waals surface area contributed by atoms with Crippen molar-refractivity contribution in [3.8, 4) is 0 Å². The van der Waals surface area contributed by atoms with E-state index in [1.165, 1.54) is 32.1 Å². The Morgan fingerprint density at radius 1 is 1.42 bits per heavy atom. The van der Waals surface area contributed by atoms with Gasteiger partial charge in [-0.15, -0.1) is 0 Å². The van der Waals surface area contributed by atoms with Crippen molar-refractivity contribution in [1.29, 1.82) is 0 Å². The first-order chi connectivity index (χ1) is 5.86. The molecule has 0 aromatic carbocycles. The lowest BCUT2D eigenvalue weighted by atomic mass is 9.85. The van der Waals surface area contributed by atoms with Gasteiger partial charge in [0.05, 0.1) is 5.71 Å². The first-order valence-corrected chi connectivity index (χ1v) is 5.06. The molecule has 0 atom stereocenters. The van der Waals surface area contributed by atoms with Crippen molar-refractivity contribution < 1.29 is 5.21 Å². The first kappa shape index (κ1) is 9.56. The quantitative estimate of drug-likeness (QED) is 0.510. The van der Waals surface area contributed by atoms with Gasteiger partial charge in [-0.25, -0.2) is 0 Å². The molecule has 2 nitrogen and oxygen atoms in total. The van der Waals surface area contributed by atoms with E-state index in [0.717, 1.165) is 24.5 Å². The van der Waals surface area contributed by atoms with Crippen molar-refractivity contribution in [2.45, 2.75) is 51.9 Å². The van der Waals surface area contributed by atoms with Crippen LogP contribution in [-0.2, 0) is 0 Å². The van der Waals surface area contributed by atoms with Crippen molar-refractivity contribution in [2.75, 3.05) is 0 Å². The molecule has 1 aliphatic carbocycles. The van der Waals surface area contributed by atoms with Crippen molar-refractivity contribution in [1.82, 2.24) is 0 Å². The number of rotatable bonds is 3. The molecule has 0 spiro atoms. The van der Waals surface area contributed by atoms with Gasteiger partial charge < -0.3 is 5.21 Å². The molecule has 0 bridgehead atoms. The molecule has 0 heterocycles. The highest BCUT2D eigenvalue weighted by atomic mass is 16.4. The molecule has 2 heteroatoms. The van der Waals surface area contributed by atoms with Crippen LogP contribution in [0.15, 0.2) is 5.16 Å². The topological polar surface area (TPSA) is 32.6 Å². The molecule has 0 saturated heterocycles. The van der Waals surface area contributed by atoms with Crippen LogP contribution in [0.5, 0.6) is 0 Å². The molecule has 0 unspecified atom stereocenters. The molecular weight excluding hydrogens is 150 g/mol. The minimum atomic E-state index is 0.899. The molecule has 1 fully saturated rings. The lowest BCUT2D eigenvalue weighted by molar-refractivity contribution is 0.308. The highest BCUT2D eigenvalue weighted by Crippen LogP contribution is 2.26. The Kier molecular flexibility index (Phi) is 4.12. The zero-order valence-electron chi connectivity index (χ0n) is 7.92. The second-order valence-corrected chi connectivity index (χ2v) is 3.75. The second-order valence-electron chi connectivity index (χ2n) is 3.75. The fourth-order valence-electron chi connectivity index (χ4n) is 1.89. The fraction of sp³-hybridized carbons (Fsp3) is 0.900. The zero-order chi connectivity index (χ0) is 8.81. The Hall–Kier alpha value is -0.530. The van der Waals surface area contributed by atoms with Crippen molar-refractivity contribution >= 4 is 5.71 Å². The second kappa shape index (κ2) is 5.18. The van der Waals surface area contributed by atoms with Crippen molar-refractivity contribution in [3.05, 3.63) is 0 Å². The van der Waals surface area contributed by atoms with Crippen molar-refractivity contribution in [2.24, 2.45) is 11.1 Å². The molecular formula is C10H19NO. The number of hydrogen-bond acceptors (Lipinski definition) is 2. The number of oxime groups is 1. The smallest absolute Gasteiger partial charge is 0.0571 e. The van der Waals surface area contributed by atoms with Gasteiger partial charge in [-0.1, -0.05) is 31.3 Å². The molecule has 12 heavy (non-hydrogen) atoms. The molecule has 1 saturated carbocycles. The van der Waals surface area contributed by atoms with Gasteiger partial charge in [-0.05, 0) is 31.6 Å². The standard InChI is InChI=1S/C10H19NO/c1-2-3-4-9-5-7-10(11-12)8-6-9/h9,12H,2-8H2,1H3. The van der Waals surface area contributed by atoms with E-state index < -0.39 is 0 Å². The van der Waals surface area contributed by atoms with Crippen LogP contribution in [0.25, 0.3) is 0 Å². The third-order valence-electron chi connectivity index (χ3n) is 2.79. The third-order valence-corrected chi connectivity index (χ3v) is 2.79. The lowest BCUT2D eigenvalue weighted by Crippen LogP contribution is -2.13. The SMILES string of the molecule is CCCCC1CCC(=NO)CC1. The molecule has 1 N–H and O–H groups in total. The van der Waals surface area contributed by atoms with Gasteiger partial charge in [-0.3, -0.25) is 0 Å². The minimum Gasteiger partial charge on any atom is -0.411 e. The number of hydrogen-bond donors (Lipinski definition) is 1. The van der Waals surface area contributed by atoms with Gasteiger partial charge in [0.25, 0.3) is 0 Å². The highest BCUT2D eigenvalue weighted by Gasteiger charge is 2.16. The van der Waals surface area contributed by atoms with E-state index in [0.29, 0.717) is 0 Å². The maximum Gasteiger partial charge on any atom is 0.0571 e. The first-order valence-electron chi connectivity index (χ1n) is 5.06. The van der Waals surface area contributed by atoms with E-state index in [9.17, 15) is 0 Å². The summed E-state index contributed by atoms with van der Waals surface area (Å²) in [6.45, 7) is 2.24. The molecule has 70 valence electrons. The molecule has 1 rings (SSSR count). The molecule has 0 amide bonds. The van der Waals surface area contributed by atoms with E-state index in [-0.39, 0.29) is 0 Å². The predicted molar refractivity (Wildman–Crippen MR) is 50.7 cm³/mol. The summed E-state index contributed by atoms with van der Waals surface area (Å²) in [4.78, 5) is 0. The summed E-state index contributed by atoms with van der Waals surface area (Å²) >= 11 is 0. The van der Waals surface area contributed by atoms with Crippen LogP contribution in [0.3, 0.4) is 0 Å². The van der Waals surface area contributed by atoms with Gasteiger partial charge in [0.15, 0.2) is 0 Å². The van der Waals surface area contributed by atoms with Gasteiger partial charge >= 0.3 is 0 Å².